The van der Waals surface area contributed by atoms with E-state index in [0.29, 0.717) is 23.3 Å². The van der Waals surface area contributed by atoms with Crippen molar-refractivity contribution >= 4 is 39.5 Å². The molecule has 1 saturated carbocycles. The molecule has 9 heteroatoms. The predicted molar refractivity (Wildman–Crippen MR) is 114 cm³/mol. The van der Waals surface area contributed by atoms with E-state index in [0.717, 1.165) is 35.7 Å². The van der Waals surface area contributed by atoms with Crippen LogP contribution in [0.2, 0.25) is 0 Å². The molecule has 3 N–H and O–H groups in total. The van der Waals surface area contributed by atoms with Crippen LogP contribution in [0.3, 0.4) is 0 Å². The van der Waals surface area contributed by atoms with E-state index >= 15 is 0 Å². The van der Waals surface area contributed by atoms with Crippen LogP contribution in [-0.4, -0.2) is 16.1 Å². The number of nitrogens with zero attached hydrogens (tertiary/aromatic N) is 2. The zero-order chi connectivity index (χ0) is 21.0. The van der Waals surface area contributed by atoms with Crippen molar-refractivity contribution in [2.75, 3.05) is 4.72 Å². The van der Waals surface area contributed by atoms with Gasteiger partial charge in [-0.15, -0.1) is 4.91 Å². The Kier molecular flexibility index (Phi) is 6.45. The van der Waals surface area contributed by atoms with Gasteiger partial charge in [-0.1, -0.05) is 35.2 Å². The van der Waals surface area contributed by atoms with Gasteiger partial charge in [-0.3, -0.25) is 4.79 Å². The van der Waals surface area contributed by atoms with E-state index in [1.165, 1.54) is 12.1 Å². The first-order valence-electron chi connectivity index (χ1n) is 8.98. The molecule has 0 aromatic heterocycles. The molecule has 0 radical (unpaired) electrons. The van der Waals surface area contributed by atoms with Gasteiger partial charge in [-0.05, 0) is 60.7 Å². The SMILES string of the molecule is N#CC1(c2cc(NSc3cc(Br)ccc3O)c(O)c(C(=O)N=O)c2)CCCCC1. The highest BCUT2D eigenvalue weighted by Crippen LogP contribution is 2.44. The summed E-state index contributed by atoms with van der Waals surface area (Å²) in [5.41, 5.74) is -0.313. The highest BCUT2D eigenvalue weighted by Gasteiger charge is 2.36. The summed E-state index contributed by atoms with van der Waals surface area (Å²) in [6.45, 7) is 0. The quantitative estimate of drug-likeness (QED) is 0.291. The van der Waals surface area contributed by atoms with Gasteiger partial charge in [0.25, 0.3) is 0 Å². The molecule has 0 spiro atoms. The summed E-state index contributed by atoms with van der Waals surface area (Å²) in [6.07, 6.45) is 4.07. The molecule has 1 fully saturated rings. The van der Waals surface area contributed by atoms with Gasteiger partial charge < -0.3 is 14.9 Å². The summed E-state index contributed by atoms with van der Waals surface area (Å²) in [5, 5.41) is 32.8. The Labute approximate surface area is 180 Å². The molecular weight excluding hydrogens is 458 g/mol. The van der Waals surface area contributed by atoms with Crippen molar-refractivity contribution in [1.29, 1.82) is 5.26 Å². The lowest BCUT2D eigenvalue weighted by molar-refractivity contribution is 0.0998. The zero-order valence-electron chi connectivity index (χ0n) is 15.3. The number of nitriles is 1. The lowest BCUT2D eigenvalue weighted by Gasteiger charge is -2.31. The third-order valence-electron chi connectivity index (χ3n) is 5.09. The van der Waals surface area contributed by atoms with Gasteiger partial charge in [0, 0.05) is 9.65 Å². The second kappa shape index (κ2) is 8.84. The number of carbonyl (C=O) groups is 1. The molecule has 29 heavy (non-hydrogen) atoms. The molecule has 0 heterocycles. The minimum atomic E-state index is -1.10. The monoisotopic (exact) mass is 475 g/mol. The molecule has 2 aromatic rings. The molecular formula is C20H18BrN3O4S. The van der Waals surface area contributed by atoms with Gasteiger partial charge in [0.05, 0.1) is 27.6 Å². The minimum absolute atomic E-state index is 0.0352. The molecule has 1 aliphatic rings. The number of nitroso groups, excluding NO2 is 1. The summed E-state index contributed by atoms with van der Waals surface area (Å²) >= 11 is 4.35. The van der Waals surface area contributed by atoms with Gasteiger partial charge in [0.1, 0.15) is 5.75 Å². The fourth-order valence-corrected chi connectivity index (χ4v) is 4.75. The summed E-state index contributed by atoms with van der Waals surface area (Å²) in [5.74, 6) is -1.50. The van der Waals surface area contributed by atoms with Crippen molar-refractivity contribution in [2.24, 2.45) is 5.18 Å². The maximum absolute atomic E-state index is 12.0. The van der Waals surface area contributed by atoms with Crippen LogP contribution < -0.4 is 4.72 Å². The fourth-order valence-electron chi connectivity index (χ4n) is 3.50. The van der Waals surface area contributed by atoms with Gasteiger partial charge in [0.2, 0.25) is 0 Å². The number of hydrogen-bond acceptors (Lipinski definition) is 7. The summed E-state index contributed by atoms with van der Waals surface area (Å²) in [4.78, 5) is 23.3. The first-order valence-corrected chi connectivity index (χ1v) is 10.6. The average Bonchev–Trinajstić information content (AvgIpc) is 2.75. The van der Waals surface area contributed by atoms with Crippen LogP contribution >= 0.6 is 27.9 Å². The van der Waals surface area contributed by atoms with Crippen LogP contribution in [0.1, 0.15) is 48.0 Å². The van der Waals surface area contributed by atoms with E-state index in [9.17, 15) is 25.2 Å². The molecule has 2 aromatic carbocycles. The second-order valence-corrected chi connectivity index (χ2v) is 8.65. The van der Waals surface area contributed by atoms with E-state index in [2.05, 4.69) is 31.9 Å². The molecule has 3 rings (SSSR count). The summed E-state index contributed by atoms with van der Waals surface area (Å²) < 4.78 is 3.67. The highest BCUT2D eigenvalue weighted by molar-refractivity contribution is 9.10. The number of phenols is 2. The highest BCUT2D eigenvalue weighted by atomic mass is 79.9. The van der Waals surface area contributed by atoms with Gasteiger partial charge in [-0.2, -0.15) is 5.26 Å². The molecule has 0 bridgehead atoms. The Bertz CT molecular complexity index is 1000. The summed E-state index contributed by atoms with van der Waals surface area (Å²) in [7, 11) is 0. The van der Waals surface area contributed by atoms with E-state index < -0.39 is 17.1 Å². The maximum Gasteiger partial charge on any atom is 0.320 e. The maximum atomic E-state index is 12.0. The second-order valence-electron chi connectivity index (χ2n) is 6.89. The van der Waals surface area contributed by atoms with Crippen LogP contribution in [-0.2, 0) is 5.41 Å². The lowest BCUT2D eigenvalue weighted by Crippen LogP contribution is -2.27. The number of rotatable bonds is 5. The molecule has 0 aliphatic heterocycles. The number of anilines is 1. The lowest BCUT2D eigenvalue weighted by atomic mass is 9.70. The van der Waals surface area contributed by atoms with E-state index in [1.807, 2.05) is 0 Å². The van der Waals surface area contributed by atoms with E-state index in [1.54, 1.807) is 18.2 Å². The third kappa shape index (κ3) is 4.38. The number of nitrogens with one attached hydrogen (secondary N) is 1. The van der Waals surface area contributed by atoms with Crippen molar-refractivity contribution in [1.82, 2.24) is 0 Å². The van der Waals surface area contributed by atoms with Crippen LogP contribution in [0.4, 0.5) is 5.69 Å². The number of phenolic OH excluding ortho intramolecular Hbond substituents is 2. The molecule has 0 saturated heterocycles. The van der Waals surface area contributed by atoms with Crippen molar-refractivity contribution in [2.45, 2.75) is 42.4 Å². The molecule has 7 nitrogen and oxygen atoms in total. The largest absolute Gasteiger partial charge is 0.507 e. The van der Waals surface area contributed by atoms with Crippen molar-refractivity contribution in [3.8, 4) is 17.6 Å². The van der Waals surface area contributed by atoms with Crippen LogP contribution in [0.25, 0.3) is 0 Å². The molecule has 0 unspecified atom stereocenters. The first-order chi connectivity index (χ1) is 13.9. The number of benzene rings is 2. The Morgan fingerprint density at radius 2 is 1.93 bits per heavy atom. The van der Waals surface area contributed by atoms with Gasteiger partial charge in [-0.25, -0.2) is 0 Å². The van der Waals surface area contributed by atoms with E-state index in [-0.39, 0.29) is 17.0 Å². The molecule has 1 amide bonds. The van der Waals surface area contributed by atoms with Gasteiger partial charge >= 0.3 is 5.91 Å². The molecule has 1 aliphatic carbocycles. The molecule has 150 valence electrons. The number of amides is 1. The first kappa shape index (κ1) is 21.1. The van der Waals surface area contributed by atoms with Crippen LogP contribution in [0, 0.1) is 16.2 Å². The topological polar surface area (TPSA) is 123 Å². The van der Waals surface area contributed by atoms with E-state index in [4.69, 9.17) is 0 Å². The number of aromatic hydroxyl groups is 2. The average molecular weight is 476 g/mol. The predicted octanol–water partition coefficient (Wildman–Crippen LogP) is 5.61. The van der Waals surface area contributed by atoms with Crippen molar-refractivity contribution < 1.29 is 15.0 Å². The van der Waals surface area contributed by atoms with Crippen molar-refractivity contribution in [3.05, 3.63) is 50.8 Å². The normalized spacial score (nSPS) is 15.3. The smallest absolute Gasteiger partial charge is 0.320 e. The van der Waals surface area contributed by atoms with Crippen LogP contribution in [0.15, 0.2) is 44.9 Å². The number of halogens is 1. The Morgan fingerprint density at radius 3 is 2.59 bits per heavy atom. The Balaban J connectivity index is 2.03. The zero-order valence-corrected chi connectivity index (χ0v) is 17.7. The number of carbonyl (C=O) groups excluding carboxylic acids is 1. The van der Waals surface area contributed by atoms with Crippen LogP contribution in [0.5, 0.6) is 11.5 Å². The summed E-state index contributed by atoms with van der Waals surface area (Å²) in [6, 6.07) is 10.3. The Hall–Kier alpha value is -2.57. The molecule has 0 atom stereocenters. The minimum Gasteiger partial charge on any atom is -0.507 e. The van der Waals surface area contributed by atoms with Gasteiger partial charge in [0.15, 0.2) is 5.75 Å². The Morgan fingerprint density at radius 1 is 1.21 bits per heavy atom. The standard InChI is InChI=1S/C20H18BrN3O4S/c21-13-4-5-16(25)17(10-13)29-24-15-9-12(8-14(18(15)26)19(27)23-28)20(11-22)6-2-1-3-7-20/h4-5,8-10,24-26H,1-3,6-7H2. The fraction of sp³-hybridized carbons (Fsp3) is 0.300. The third-order valence-corrected chi connectivity index (χ3v) is 6.45. The number of hydrogen-bond donors (Lipinski definition) is 3. The van der Waals surface area contributed by atoms with Crippen molar-refractivity contribution in [3.63, 3.8) is 0 Å².